The van der Waals surface area contributed by atoms with E-state index in [0.29, 0.717) is 31.8 Å². The Hall–Kier alpha value is -2.41. The zero-order chi connectivity index (χ0) is 19.6. The Bertz CT molecular complexity index is 711. The summed E-state index contributed by atoms with van der Waals surface area (Å²) in [5.41, 5.74) is 5.53. The summed E-state index contributed by atoms with van der Waals surface area (Å²) >= 11 is 0. The molecule has 146 valence electrons. The highest BCUT2D eigenvalue weighted by Gasteiger charge is 2.57. The summed E-state index contributed by atoms with van der Waals surface area (Å²) in [5.74, 6) is -0.945. The third-order valence-electron chi connectivity index (χ3n) is 5.76. The van der Waals surface area contributed by atoms with Gasteiger partial charge in [-0.15, -0.1) is 0 Å². The van der Waals surface area contributed by atoms with Crippen LogP contribution in [0.3, 0.4) is 0 Å². The molecular formula is C20H28N4O3. The second kappa shape index (κ2) is 7.68. The van der Waals surface area contributed by atoms with Crippen molar-refractivity contribution < 1.29 is 14.4 Å². The van der Waals surface area contributed by atoms with Gasteiger partial charge in [0.05, 0.1) is 0 Å². The molecule has 27 heavy (non-hydrogen) atoms. The summed E-state index contributed by atoms with van der Waals surface area (Å²) in [6.45, 7) is 5.87. The molecule has 2 aliphatic heterocycles. The van der Waals surface area contributed by atoms with Crippen LogP contribution < -0.4 is 5.73 Å². The average molecular weight is 372 g/mol. The molecule has 1 aromatic carbocycles. The zero-order valence-electron chi connectivity index (χ0n) is 16.1. The van der Waals surface area contributed by atoms with E-state index < -0.39 is 17.5 Å². The number of piperidine rings is 1. The largest absolute Gasteiger partial charge is 0.368 e. The minimum absolute atomic E-state index is 0.275. The number of urea groups is 1. The summed E-state index contributed by atoms with van der Waals surface area (Å²) in [7, 11) is 0. The van der Waals surface area contributed by atoms with Gasteiger partial charge in [0.2, 0.25) is 5.91 Å². The van der Waals surface area contributed by atoms with Gasteiger partial charge in [0.1, 0.15) is 12.1 Å². The number of carbonyl (C=O) groups is 3. The van der Waals surface area contributed by atoms with Crippen LogP contribution in [0.5, 0.6) is 0 Å². The number of imide groups is 1. The van der Waals surface area contributed by atoms with Gasteiger partial charge in [-0.05, 0) is 38.7 Å². The lowest BCUT2D eigenvalue weighted by Crippen LogP contribution is -2.57. The summed E-state index contributed by atoms with van der Waals surface area (Å²) in [6, 6.07) is 9.90. The minimum atomic E-state index is -0.854. The lowest BCUT2D eigenvalue weighted by atomic mass is 9.85. The molecule has 2 heterocycles. The number of likely N-dealkylation sites (tertiary alicyclic amines) is 1. The number of hydrogen-bond acceptors (Lipinski definition) is 4. The number of nitrogens with two attached hydrogens (primary N) is 1. The van der Waals surface area contributed by atoms with Gasteiger partial charge in [-0.2, -0.15) is 0 Å². The third-order valence-corrected chi connectivity index (χ3v) is 5.76. The van der Waals surface area contributed by atoms with E-state index in [1.807, 2.05) is 30.3 Å². The van der Waals surface area contributed by atoms with Crippen LogP contribution in [0.1, 0.15) is 32.3 Å². The predicted octanol–water partition coefficient (Wildman–Crippen LogP) is 1.22. The molecule has 0 aromatic heterocycles. The molecule has 1 aromatic rings. The molecule has 4 amide bonds. The van der Waals surface area contributed by atoms with Crippen molar-refractivity contribution in [3.8, 4) is 0 Å². The normalized spacial score (nSPS) is 20.1. The maximum atomic E-state index is 13.2. The molecule has 2 aliphatic rings. The fourth-order valence-corrected chi connectivity index (χ4v) is 4.17. The van der Waals surface area contributed by atoms with Crippen molar-refractivity contribution in [2.75, 3.05) is 26.2 Å². The number of carbonyl (C=O) groups excluding carboxylic acids is 3. The van der Waals surface area contributed by atoms with E-state index in [4.69, 9.17) is 5.73 Å². The first-order valence-electron chi connectivity index (χ1n) is 9.55. The van der Waals surface area contributed by atoms with Crippen molar-refractivity contribution >= 4 is 17.8 Å². The lowest BCUT2D eigenvalue weighted by Gasteiger charge is -2.43. The Kier molecular flexibility index (Phi) is 5.51. The van der Waals surface area contributed by atoms with Crippen LogP contribution >= 0.6 is 0 Å². The van der Waals surface area contributed by atoms with Gasteiger partial charge < -0.3 is 15.5 Å². The van der Waals surface area contributed by atoms with Crippen LogP contribution in [0.4, 0.5) is 4.79 Å². The standard InChI is InChI=1S/C20H28N4O3/c1-15(2)22-12-9-20(10-13-22)18(26)23(14-17(21)25)19(27)24(20)11-8-16-6-4-3-5-7-16/h3-7,15H,8-14H2,1-2H3,(H2,21,25). The highest BCUT2D eigenvalue weighted by atomic mass is 16.2. The van der Waals surface area contributed by atoms with Crippen LogP contribution in [0.2, 0.25) is 0 Å². The summed E-state index contributed by atoms with van der Waals surface area (Å²) in [6.07, 6.45) is 1.83. The van der Waals surface area contributed by atoms with E-state index >= 15 is 0 Å². The second-order valence-corrected chi connectivity index (χ2v) is 7.69. The van der Waals surface area contributed by atoms with Crippen molar-refractivity contribution in [3.05, 3.63) is 35.9 Å². The molecule has 2 fully saturated rings. The van der Waals surface area contributed by atoms with Crippen LogP contribution in [0.25, 0.3) is 0 Å². The average Bonchev–Trinajstić information content (AvgIpc) is 2.83. The van der Waals surface area contributed by atoms with Crippen molar-refractivity contribution in [3.63, 3.8) is 0 Å². The Morgan fingerprint density at radius 1 is 1.15 bits per heavy atom. The Balaban J connectivity index is 1.83. The molecule has 0 bridgehead atoms. The summed E-state index contributed by atoms with van der Waals surface area (Å²) in [5, 5.41) is 0. The zero-order valence-corrected chi connectivity index (χ0v) is 16.1. The molecule has 0 aliphatic carbocycles. The van der Waals surface area contributed by atoms with Crippen LogP contribution in [-0.2, 0) is 16.0 Å². The van der Waals surface area contributed by atoms with Crippen molar-refractivity contribution in [1.29, 1.82) is 0 Å². The van der Waals surface area contributed by atoms with Gasteiger partial charge in [-0.25, -0.2) is 4.79 Å². The van der Waals surface area contributed by atoms with Crippen LogP contribution in [0.15, 0.2) is 30.3 Å². The van der Waals surface area contributed by atoms with Crippen molar-refractivity contribution in [2.45, 2.75) is 44.7 Å². The number of primary amides is 1. The molecule has 0 atom stereocenters. The highest BCUT2D eigenvalue weighted by Crippen LogP contribution is 2.37. The molecule has 1 spiro atoms. The first kappa shape index (κ1) is 19.4. The quantitative estimate of drug-likeness (QED) is 0.761. The van der Waals surface area contributed by atoms with Crippen LogP contribution in [0, 0.1) is 0 Å². The minimum Gasteiger partial charge on any atom is -0.368 e. The molecule has 3 rings (SSSR count). The smallest absolute Gasteiger partial charge is 0.328 e. The van der Waals surface area contributed by atoms with E-state index in [-0.39, 0.29) is 12.5 Å². The molecule has 0 unspecified atom stereocenters. The molecule has 7 heteroatoms. The molecule has 0 radical (unpaired) electrons. The third kappa shape index (κ3) is 3.69. The number of nitrogens with zero attached hydrogens (tertiary/aromatic N) is 3. The van der Waals surface area contributed by atoms with E-state index in [2.05, 4.69) is 18.7 Å². The number of hydrogen-bond donors (Lipinski definition) is 1. The molecule has 0 saturated carbocycles. The Morgan fingerprint density at radius 3 is 2.33 bits per heavy atom. The van der Waals surface area contributed by atoms with Crippen molar-refractivity contribution in [2.24, 2.45) is 5.73 Å². The first-order chi connectivity index (χ1) is 12.8. The Morgan fingerprint density at radius 2 is 1.78 bits per heavy atom. The van der Waals surface area contributed by atoms with Gasteiger partial charge in [0, 0.05) is 25.7 Å². The van der Waals surface area contributed by atoms with Gasteiger partial charge >= 0.3 is 6.03 Å². The summed E-state index contributed by atoms with van der Waals surface area (Å²) in [4.78, 5) is 42.6. The van der Waals surface area contributed by atoms with Crippen molar-refractivity contribution in [1.82, 2.24) is 14.7 Å². The maximum Gasteiger partial charge on any atom is 0.328 e. The second-order valence-electron chi connectivity index (χ2n) is 7.69. The lowest BCUT2D eigenvalue weighted by molar-refractivity contribution is -0.138. The Labute approximate surface area is 160 Å². The maximum absolute atomic E-state index is 13.2. The number of rotatable bonds is 6. The van der Waals surface area contributed by atoms with E-state index in [0.717, 1.165) is 23.6 Å². The highest BCUT2D eigenvalue weighted by molar-refractivity contribution is 6.09. The topological polar surface area (TPSA) is 87.0 Å². The van der Waals surface area contributed by atoms with Gasteiger partial charge in [0.25, 0.3) is 5.91 Å². The fraction of sp³-hybridized carbons (Fsp3) is 0.550. The molecular weight excluding hydrogens is 344 g/mol. The predicted molar refractivity (Wildman–Crippen MR) is 102 cm³/mol. The molecule has 2 N–H and O–H groups in total. The van der Waals surface area contributed by atoms with E-state index in [9.17, 15) is 14.4 Å². The van der Waals surface area contributed by atoms with Gasteiger partial charge in [-0.3, -0.25) is 14.5 Å². The molecule has 7 nitrogen and oxygen atoms in total. The van der Waals surface area contributed by atoms with E-state index in [1.165, 1.54) is 0 Å². The van der Waals surface area contributed by atoms with E-state index in [1.54, 1.807) is 4.90 Å². The van der Waals surface area contributed by atoms with Crippen LogP contribution in [-0.4, -0.2) is 70.3 Å². The summed E-state index contributed by atoms with van der Waals surface area (Å²) < 4.78 is 0. The van der Waals surface area contributed by atoms with Gasteiger partial charge in [0.15, 0.2) is 0 Å². The van der Waals surface area contributed by atoms with Gasteiger partial charge in [-0.1, -0.05) is 30.3 Å². The number of amides is 4. The number of benzene rings is 1. The molecule has 2 saturated heterocycles. The monoisotopic (exact) mass is 372 g/mol. The fourth-order valence-electron chi connectivity index (χ4n) is 4.17. The first-order valence-corrected chi connectivity index (χ1v) is 9.55. The SMILES string of the molecule is CC(C)N1CCC2(CC1)C(=O)N(CC(N)=O)C(=O)N2CCc1ccccc1.